The highest BCUT2D eigenvalue weighted by atomic mass is 79.9. The normalized spacial score (nSPS) is 10.1. The quantitative estimate of drug-likeness (QED) is 0.442. The number of carbonyl (C=O) groups excluding carboxylic acids is 1. The topological polar surface area (TPSA) is 24.2 Å². The molecule has 0 atom stereocenters. The molecule has 0 aliphatic carbocycles. The molecule has 22 heavy (non-hydrogen) atoms. The summed E-state index contributed by atoms with van der Waals surface area (Å²) in [6.45, 7) is 8.83. The lowest BCUT2D eigenvalue weighted by atomic mass is 10.1. The minimum Gasteiger partial charge on any atom is -1.00 e. The van der Waals surface area contributed by atoms with Gasteiger partial charge in [0, 0.05) is 25.6 Å². The minimum absolute atomic E-state index is 0. The fourth-order valence-electron chi connectivity index (χ4n) is 2.56. The van der Waals surface area contributed by atoms with E-state index in [-0.39, 0.29) is 22.9 Å². The van der Waals surface area contributed by atoms with Crippen LogP contribution in [0.4, 0.5) is 0 Å². The zero-order valence-electron chi connectivity index (χ0n) is 14.4. The zero-order chi connectivity index (χ0) is 15.5. The monoisotopic (exact) mass is 370 g/mol. The summed E-state index contributed by atoms with van der Waals surface area (Å²) >= 11 is 0. The molecule has 0 fully saturated rings. The van der Waals surface area contributed by atoms with Gasteiger partial charge in [0.1, 0.15) is 12.1 Å². The van der Waals surface area contributed by atoms with Crippen LogP contribution < -0.4 is 21.5 Å². The van der Waals surface area contributed by atoms with Gasteiger partial charge in [0.15, 0.2) is 12.4 Å². The Morgan fingerprint density at radius 2 is 1.68 bits per heavy atom. The Labute approximate surface area is 146 Å². The summed E-state index contributed by atoms with van der Waals surface area (Å²) in [7, 11) is 0. The van der Waals surface area contributed by atoms with Crippen molar-refractivity contribution in [1.82, 2.24) is 4.90 Å². The van der Waals surface area contributed by atoms with Crippen LogP contribution in [0.1, 0.15) is 69.7 Å². The minimum atomic E-state index is 0. The van der Waals surface area contributed by atoms with E-state index in [0.29, 0.717) is 0 Å². The first kappa shape index (κ1) is 21.1. The molecule has 0 saturated carbocycles. The number of hydrogen-bond acceptors (Lipinski definition) is 1. The molecule has 1 amide bonds. The zero-order valence-corrected chi connectivity index (χ0v) is 15.9. The number of aromatic nitrogens is 1. The molecule has 1 aromatic rings. The van der Waals surface area contributed by atoms with Gasteiger partial charge in [-0.05, 0) is 26.3 Å². The highest BCUT2D eigenvalue weighted by molar-refractivity contribution is 5.93. The van der Waals surface area contributed by atoms with Crippen molar-refractivity contribution in [3.8, 4) is 0 Å². The van der Waals surface area contributed by atoms with E-state index in [4.69, 9.17) is 0 Å². The number of nitrogens with zero attached hydrogens (tertiary/aromatic N) is 2. The number of aryl methyl sites for hydroxylation is 1. The van der Waals surface area contributed by atoms with Gasteiger partial charge in [-0.3, -0.25) is 4.79 Å². The van der Waals surface area contributed by atoms with Gasteiger partial charge in [-0.15, -0.1) is 0 Å². The molecule has 0 spiro atoms. The Hall–Kier alpha value is -0.900. The maximum Gasteiger partial charge on any atom is 0.259 e. The molecule has 0 aromatic carbocycles. The molecule has 0 saturated heterocycles. The average molecular weight is 371 g/mol. The van der Waals surface area contributed by atoms with Gasteiger partial charge in [0.05, 0.1) is 0 Å². The van der Waals surface area contributed by atoms with Crippen molar-refractivity contribution in [2.45, 2.75) is 65.8 Å². The Kier molecular flexibility index (Phi) is 12.1. The largest absolute Gasteiger partial charge is 1.00 e. The van der Waals surface area contributed by atoms with Crippen LogP contribution in [0.25, 0.3) is 0 Å². The summed E-state index contributed by atoms with van der Waals surface area (Å²) in [5.41, 5.74) is 0.798. The van der Waals surface area contributed by atoms with Crippen molar-refractivity contribution in [2.24, 2.45) is 0 Å². The van der Waals surface area contributed by atoms with E-state index in [2.05, 4.69) is 17.7 Å². The van der Waals surface area contributed by atoms with Crippen molar-refractivity contribution in [3.63, 3.8) is 0 Å². The molecule has 0 aliphatic heterocycles. The van der Waals surface area contributed by atoms with Crippen molar-refractivity contribution in [3.05, 3.63) is 30.1 Å². The summed E-state index contributed by atoms with van der Waals surface area (Å²) < 4.78 is 2.15. The van der Waals surface area contributed by atoms with Gasteiger partial charge >= 0.3 is 0 Å². The lowest BCUT2D eigenvalue weighted by Gasteiger charge is -2.17. The van der Waals surface area contributed by atoms with Gasteiger partial charge in [0.25, 0.3) is 5.91 Å². The smallest absolute Gasteiger partial charge is 0.259 e. The van der Waals surface area contributed by atoms with Crippen LogP contribution in [0.3, 0.4) is 0 Å². The van der Waals surface area contributed by atoms with Crippen molar-refractivity contribution >= 4 is 5.91 Å². The predicted molar refractivity (Wildman–Crippen MR) is 87.3 cm³/mol. The molecular formula is C18H31BrN2O. The number of rotatable bonds is 10. The first-order valence-corrected chi connectivity index (χ1v) is 8.51. The molecule has 0 bridgehead atoms. The Morgan fingerprint density at radius 1 is 1.05 bits per heavy atom. The van der Waals surface area contributed by atoms with Crippen molar-refractivity contribution in [2.75, 3.05) is 13.1 Å². The van der Waals surface area contributed by atoms with Gasteiger partial charge in [-0.2, -0.15) is 0 Å². The molecule has 1 heterocycles. The lowest BCUT2D eigenvalue weighted by Crippen LogP contribution is -3.00. The van der Waals surface area contributed by atoms with E-state index in [0.717, 1.165) is 25.2 Å². The molecule has 0 radical (unpaired) electrons. The van der Waals surface area contributed by atoms with Crippen LogP contribution in [-0.2, 0) is 6.54 Å². The van der Waals surface area contributed by atoms with E-state index in [9.17, 15) is 4.79 Å². The maximum absolute atomic E-state index is 12.3. The number of hydrogen-bond donors (Lipinski definition) is 0. The second-order valence-electron chi connectivity index (χ2n) is 5.58. The predicted octanol–water partition coefficient (Wildman–Crippen LogP) is 0.821. The molecule has 4 heteroatoms. The fourth-order valence-corrected chi connectivity index (χ4v) is 2.56. The first-order valence-electron chi connectivity index (χ1n) is 8.51. The van der Waals surface area contributed by atoms with Crippen LogP contribution in [0.15, 0.2) is 24.5 Å². The Bertz CT molecular complexity index is 419. The van der Waals surface area contributed by atoms with E-state index >= 15 is 0 Å². The number of amides is 1. The van der Waals surface area contributed by atoms with Crippen LogP contribution in [0.2, 0.25) is 0 Å². The van der Waals surface area contributed by atoms with Gasteiger partial charge < -0.3 is 21.9 Å². The molecular weight excluding hydrogens is 340 g/mol. The third-order valence-electron chi connectivity index (χ3n) is 3.93. The molecule has 1 rings (SSSR count). The fraction of sp³-hybridized carbons (Fsp3) is 0.667. The number of pyridine rings is 1. The van der Waals surface area contributed by atoms with Gasteiger partial charge in [-0.25, -0.2) is 4.57 Å². The van der Waals surface area contributed by atoms with E-state index in [1.54, 1.807) is 0 Å². The van der Waals surface area contributed by atoms with Crippen LogP contribution in [-0.4, -0.2) is 23.9 Å². The SMILES string of the molecule is CCCCCCCC[n+]1cccc(C(=O)N(CC)CC)c1.[Br-]. The molecule has 0 unspecified atom stereocenters. The Morgan fingerprint density at radius 3 is 2.32 bits per heavy atom. The van der Waals surface area contributed by atoms with E-state index in [1.807, 2.05) is 37.1 Å². The van der Waals surface area contributed by atoms with Gasteiger partial charge in [0.2, 0.25) is 0 Å². The first-order chi connectivity index (χ1) is 10.2. The van der Waals surface area contributed by atoms with E-state index in [1.165, 1.54) is 38.5 Å². The highest BCUT2D eigenvalue weighted by Gasteiger charge is 2.15. The van der Waals surface area contributed by atoms with Crippen LogP contribution >= 0.6 is 0 Å². The summed E-state index contributed by atoms with van der Waals surface area (Å²) in [6.07, 6.45) is 11.8. The van der Waals surface area contributed by atoms with Crippen LogP contribution in [0, 0.1) is 0 Å². The third-order valence-corrected chi connectivity index (χ3v) is 3.93. The number of halogens is 1. The van der Waals surface area contributed by atoms with E-state index < -0.39 is 0 Å². The second kappa shape index (κ2) is 12.6. The number of unbranched alkanes of at least 4 members (excludes halogenated alkanes) is 5. The molecule has 0 aliphatic rings. The standard InChI is InChI=1S/C18H31N2O.BrH/c1-4-7-8-9-10-11-14-19-15-12-13-17(16-19)18(21)20(5-2)6-3;/h12-13,15-16H,4-11,14H2,1-3H3;1H/q+1;/p-1. The number of carbonyl (C=O) groups is 1. The summed E-state index contributed by atoms with van der Waals surface area (Å²) in [5.74, 6) is 0.136. The van der Waals surface area contributed by atoms with Crippen molar-refractivity contribution in [1.29, 1.82) is 0 Å². The van der Waals surface area contributed by atoms with Gasteiger partial charge in [-0.1, -0.05) is 32.6 Å². The summed E-state index contributed by atoms with van der Waals surface area (Å²) in [5, 5.41) is 0. The lowest BCUT2D eigenvalue weighted by molar-refractivity contribution is -0.697. The average Bonchev–Trinajstić information content (AvgIpc) is 2.52. The van der Waals surface area contributed by atoms with Crippen LogP contribution in [0.5, 0.6) is 0 Å². The molecule has 1 aromatic heterocycles. The Balaban J connectivity index is 0.00000441. The summed E-state index contributed by atoms with van der Waals surface area (Å²) in [6, 6.07) is 3.90. The molecule has 3 nitrogen and oxygen atoms in total. The summed E-state index contributed by atoms with van der Waals surface area (Å²) in [4.78, 5) is 14.2. The van der Waals surface area contributed by atoms with Crippen molar-refractivity contribution < 1.29 is 26.3 Å². The molecule has 126 valence electrons. The highest BCUT2D eigenvalue weighted by Crippen LogP contribution is 2.05. The second-order valence-corrected chi connectivity index (χ2v) is 5.58. The third kappa shape index (κ3) is 7.39. The maximum atomic E-state index is 12.3. The molecule has 0 N–H and O–H groups in total.